The maximum atomic E-state index is 13.6. The molecule has 0 aromatic carbocycles. The van der Waals surface area contributed by atoms with Gasteiger partial charge in [0.05, 0.1) is 30.8 Å². The third kappa shape index (κ3) is 4.66. The molecular weight excluding hydrogens is 572 g/mol. The molecule has 0 N–H and O–H groups in total. The molecule has 0 aromatic rings. The Hall–Kier alpha value is -3.28. The van der Waals surface area contributed by atoms with E-state index in [0.29, 0.717) is 25.0 Å². The number of epoxide rings is 1. The maximum Gasteiger partial charge on any atom is 0.331 e. The zero-order valence-electron chi connectivity index (χ0n) is 25.8. The zero-order valence-corrected chi connectivity index (χ0v) is 25.8. The standard InChI is InChI=1S/C33H40O11/c1-19-9-12-31-17-38-28(37)15-23-10-13-39-32(20(2)41-21(3)34,29(23)42-22(4)35)11-7-6-8-27(36)44-24-16-26(43-25(31)14-19)33(18-40-33)30(24,31)5/h6-8,11,14-15,20,24-26,29H,9-10,12-13,16-18H2,1-5H3/b8-6?,11-7+,23-15?. The molecule has 9 unspecified atom stereocenters. The van der Waals surface area contributed by atoms with E-state index in [1.807, 2.05) is 0 Å². The van der Waals surface area contributed by atoms with Crippen LogP contribution in [0, 0.1) is 10.8 Å². The van der Waals surface area contributed by atoms with Gasteiger partial charge in [-0.2, -0.15) is 0 Å². The molecule has 4 bridgehead atoms. The average Bonchev–Trinajstić information content (AvgIpc) is 3.73. The summed E-state index contributed by atoms with van der Waals surface area (Å²) < 4.78 is 42.5. The molecule has 6 aliphatic rings. The van der Waals surface area contributed by atoms with Crippen molar-refractivity contribution in [2.24, 2.45) is 10.8 Å². The number of hydrogen-bond acceptors (Lipinski definition) is 11. The number of fused-ring (bicyclic) bond motifs is 2. The van der Waals surface area contributed by atoms with E-state index in [2.05, 4.69) is 19.9 Å². The van der Waals surface area contributed by atoms with Crippen molar-refractivity contribution in [3.05, 3.63) is 47.6 Å². The van der Waals surface area contributed by atoms with Crippen LogP contribution in [0.2, 0.25) is 0 Å². The summed E-state index contributed by atoms with van der Waals surface area (Å²) in [6, 6.07) is 0. The number of esters is 4. The Morgan fingerprint density at radius 1 is 1.02 bits per heavy atom. The van der Waals surface area contributed by atoms with E-state index in [0.717, 1.165) is 6.42 Å². The van der Waals surface area contributed by atoms with E-state index in [9.17, 15) is 19.2 Å². The fraction of sp³-hybridized carbons (Fsp3) is 0.636. The Labute approximate surface area is 256 Å². The number of ether oxygens (including phenoxy) is 7. The Morgan fingerprint density at radius 2 is 1.80 bits per heavy atom. The van der Waals surface area contributed by atoms with Crippen LogP contribution in [-0.2, 0) is 52.3 Å². The molecule has 4 fully saturated rings. The lowest BCUT2D eigenvalue weighted by atomic mass is 9.51. The SMILES string of the molecule is CC(=O)OC(C)C12/C=C/C=CC(=O)OC3CC4OC5C=C(C)CCC5(COC(=O)C=C(CCO1)C2OC(C)=O)C3(C)C41CO1. The first kappa shape index (κ1) is 30.7. The molecule has 6 rings (SSSR count). The molecule has 0 amide bonds. The minimum atomic E-state index is -1.49. The highest BCUT2D eigenvalue weighted by molar-refractivity contribution is 5.84. The molecule has 4 aliphatic heterocycles. The van der Waals surface area contributed by atoms with Crippen LogP contribution in [0.1, 0.15) is 60.3 Å². The molecule has 1 saturated carbocycles. The topological polar surface area (TPSA) is 136 Å². The molecule has 4 heterocycles. The Kier molecular flexibility index (Phi) is 7.65. The highest BCUT2D eigenvalue weighted by Gasteiger charge is 2.83. The Balaban J connectivity index is 1.45. The summed E-state index contributed by atoms with van der Waals surface area (Å²) in [5.74, 6) is -2.35. The summed E-state index contributed by atoms with van der Waals surface area (Å²) in [6.07, 6.45) is 8.33. The first-order valence-electron chi connectivity index (χ1n) is 15.3. The van der Waals surface area contributed by atoms with Crippen molar-refractivity contribution in [1.82, 2.24) is 0 Å². The van der Waals surface area contributed by atoms with E-state index >= 15 is 0 Å². The molecule has 44 heavy (non-hydrogen) atoms. The van der Waals surface area contributed by atoms with E-state index < -0.39 is 64.2 Å². The van der Waals surface area contributed by atoms with Crippen LogP contribution >= 0.6 is 0 Å². The van der Waals surface area contributed by atoms with E-state index in [1.54, 1.807) is 19.1 Å². The monoisotopic (exact) mass is 612 g/mol. The lowest BCUT2D eigenvalue weighted by molar-refractivity contribution is -0.232. The first-order valence-corrected chi connectivity index (χ1v) is 15.3. The Bertz CT molecular complexity index is 1370. The van der Waals surface area contributed by atoms with Crippen molar-refractivity contribution in [3.63, 3.8) is 0 Å². The van der Waals surface area contributed by atoms with Gasteiger partial charge in [-0.1, -0.05) is 30.7 Å². The smallest absolute Gasteiger partial charge is 0.331 e. The van der Waals surface area contributed by atoms with E-state index in [-0.39, 0.29) is 31.8 Å². The Morgan fingerprint density at radius 3 is 2.50 bits per heavy atom. The van der Waals surface area contributed by atoms with Gasteiger partial charge in [-0.3, -0.25) is 9.59 Å². The number of rotatable bonds is 3. The minimum Gasteiger partial charge on any atom is -0.462 e. The van der Waals surface area contributed by atoms with Crippen molar-refractivity contribution in [2.45, 2.75) is 102 Å². The van der Waals surface area contributed by atoms with Gasteiger partial charge in [-0.05, 0) is 44.8 Å². The third-order valence-electron chi connectivity index (χ3n) is 10.7. The fourth-order valence-electron chi connectivity index (χ4n) is 8.31. The lowest BCUT2D eigenvalue weighted by Crippen LogP contribution is -2.66. The average molecular weight is 613 g/mol. The summed E-state index contributed by atoms with van der Waals surface area (Å²) in [6.45, 7) is 8.90. The van der Waals surface area contributed by atoms with Gasteiger partial charge in [0.2, 0.25) is 0 Å². The van der Waals surface area contributed by atoms with Gasteiger partial charge in [0.25, 0.3) is 0 Å². The predicted octanol–water partition coefficient (Wildman–Crippen LogP) is 3.21. The van der Waals surface area contributed by atoms with Crippen molar-refractivity contribution in [3.8, 4) is 0 Å². The molecule has 0 aromatic heterocycles. The number of allylic oxidation sites excluding steroid dienone is 3. The van der Waals surface area contributed by atoms with Crippen LogP contribution in [0.15, 0.2) is 47.6 Å². The minimum absolute atomic E-state index is 0.00586. The van der Waals surface area contributed by atoms with E-state index in [1.165, 1.54) is 37.6 Å². The molecule has 3 saturated heterocycles. The van der Waals surface area contributed by atoms with Gasteiger partial charge in [-0.25, -0.2) is 9.59 Å². The summed E-state index contributed by atoms with van der Waals surface area (Å²) in [7, 11) is 0. The number of hydrogen-bond donors (Lipinski definition) is 0. The molecule has 11 nitrogen and oxygen atoms in total. The summed E-state index contributed by atoms with van der Waals surface area (Å²) in [4.78, 5) is 51.2. The molecule has 0 radical (unpaired) electrons. The van der Waals surface area contributed by atoms with Crippen molar-refractivity contribution < 1.29 is 52.3 Å². The van der Waals surface area contributed by atoms with Gasteiger partial charge < -0.3 is 33.2 Å². The highest BCUT2D eigenvalue weighted by atomic mass is 16.6. The van der Waals surface area contributed by atoms with Gasteiger partial charge in [0.15, 0.2) is 11.7 Å². The largest absolute Gasteiger partial charge is 0.462 e. The first-order chi connectivity index (χ1) is 20.9. The second kappa shape index (κ2) is 11.0. The maximum absolute atomic E-state index is 13.6. The van der Waals surface area contributed by atoms with Gasteiger partial charge >= 0.3 is 23.9 Å². The fourth-order valence-corrected chi connectivity index (χ4v) is 8.31. The van der Waals surface area contributed by atoms with Crippen LogP contribution in [0.25, 0.3) is 0 Å². The second-order valence-electron chi connectivity index (χ2n) is 13.0. The zero-order chi connectivity index (χ0) is 31.5. The summed E-state index contributed by atoms with van der Waals surface area (Å²) in [5.41, 5.74) is -1.91. The number of carbonyl (C=O) groups is 4. The van der Waals surface area contributed by atoms with Crippen molar-refractivity contribution >= 4 is 23.9 Å². The molecule has 2 spiro atoms. The normalized spacial score (nSPS) is 42.6. The predicted molar refractivity (Wildman–Crippen MR) is 153 cm³/mol. The van der Waals surface area contributed by atoms with Gasteiger partial charge in [0, 0.05) is 37.8 Å². The van der Waals surface area contributed by atoms with Crippen LogP contribution in [0.5, 0.6) is 0 Å². The lowest BCUT2D eigenvalue weighted by Gasteiger charge is -2.58. The molecule has 11 heteroatoms. The van der Waals surface area contributed by atoms with Crippen LogP contribution in [0.3, 0.4) is 0 Å². The number of cyclic esters (lactones) is 1. The van der Waals surface area contributed by atoms with Crippen molar-refractivity contribution in [1.29, 1.82) is 0 Å². The third-order valence-corrected chi connectivity index (χ3v) is 10.7. The summed E-state index contributed by atoms with van der Waals surface area (Å²) in [5, 5.41) is 0. The number of carbonyl (C=O) groups excluding carboxylic acids is 4. The molecule has 2 aliphatic carbocycles. The van der Waals surface area contributed by atoms with Gasteiger partial charge in [0.1, 0.15) is 24.4 Å². The van der Waals surface area contributed by atoms with Crippen LogP contribution < -0.4 is 0 Å². The molecule has 9 atom stereocenters. The van der Waals surface area contributed by atoms with Crippen LogP contribution in [-0.4, -0.2) is 85.4 Å². The molecular formula is C33H40O11. The summed E-state index contributed by atoms with van der Waals surface area (Å²) >= 11 is 0. The highest BCUT2D eigenvalue weighted by Crippen LogP contribution is 2.72. The quantitative estimate of drug-likeness (QED) is 0.201. The van der Waals surface area contributed by atoms with E-state index in [4.69, 9.17) is 33.2 Å². The van der Waals surface area contributed by atoms with Crippen molar-refractivity contribution in [2.75, 3.05) is 19.8 Å². The second-order valence-corrected chi connectivity index (χ2v) is 13.0. The molecule has 238 valence electrons. The van der Waals surface area contributed by atoms with Crippen LogP contribution in [0.4, 0.5) is 0 Å². The van der Waals surface area contributed by atoms with Gasteiger partial charge in [-0.15, -0.1) is 0 Å².